The predicted molar refractivity (Wildman–Crippen MR) is 107 cm³/mol. The van der Waals surface area contributed by atoms with Crippen molar-refractivity contribution in [2.75, 3.05) is 40.5 Å². The number of ether oxygens (including phenoxy) is 3. The molecule has 1 unspecified atom stereocenters. The number of nitrogens with one attached hydrogen (secondary N) is 1. The van der Waals surface area contributed by atoms with E-state index in [1.165, 1.54) is 6.42 Å². The summed E-state index contributed by atoms with van der Waals surface area (Å²) in [6.45, 7) is 7.18. The molecule has 1 aliphatic heterocycles. The maximum Gasteiger partial charge on any atom is 0.254 e. The summed E-state index contributed by atoms with van der Waals surface area (Å²) in [5.74, 6) is 1.28. The summed E-state index contributed by atoms with van der Waals surface area (Å²) >= 11 is 0. The average molecular weight is 379 g/mol. The van der Waals surface area contributed by atoms with Crippen molar-refractivity contribution in [3.8, 4) is 11.5 Å². The second-order valence-corrected chi connectivity index (χ2v) is 7.22. The van der Waals surface area contributed by atoms with Crippen LogP contribution in [0.2, 0.25) is 0 Å². The van der Waals surface area contributed by atoms with Crippen molar-refractivity contribution >= 4 is 5.91 Å². The van der Waals surface area contributed by atoms with Gasteiger partial charge in [-0.3, -0.25) is 4.79 Å². The minimum Gasteiger partial charge on any atom is -0.493 e. The Morgan fingerprint density at radius 1 is 1.22 bits per heavy atom. The van der Waals surface area contributed by atoms with Crippen molar-refractivity contribution in [1.82, 2.24) is 10.2 Å². The van der Waals surface area contributed by atoms with Crippen molar-refractivity contribution in [2.45, 2.75) is 51.6 Å². The van der Waals surface area contributed by atoms with Crippen LogP contribution in [0, 0.1) is 0 Å². The molecule has 152 valence electrons. The zero-order valence-corrected chi connectivity index (χ0v) is 17.1. The molecule has 2 rings (SSSR count). The van der Waals surface area contributed by atoms with Gasteiger partial charge in [0.15, 0.2) is 11.5 Å². The zero-order chi connectivity index (χ0) is 19.6. The van der Waals surface area contributed by atoms with Crippen LogP contribution in [-0.2, 0) is 4.74 Å². The monoisotopic (exact) mass is 378 g/mol. The lowest BCUT2D eigenvalue weighted by atomic mass is 10.0. The summed E-state index contributed by atoms with van der Waals surface area (Å²) in [5.41, 5.74) is 0.635. The van der Waals surface area contributed by atoms with Gasteiger partial charge in [0.05, 0.1) is 13.7 Å². The number of benzene rings is 1. The minimum absolute atomic E-state index is 0.0445. The van der Waals surface area contributed by atoms with Gasteiger partial charge in [0, 0.05) is 44.3 Å². The van der Waals surface area contributed by atoms with E-state index in [9.17, 15) is 4.79 Å². The lowest BCUT2D eigenvalue weighted by Crippen LogP contribution is -2.48. The number of hydrogen-bond acceptors (Lipinski definition) is 5. The number of carbonyl (C=O) groups excluding carboxylic acids is 1. The fraction of sp³-hybridized carbons (Fsp3) is 0.667. The number of rotatable bonds is 9. The summed E-state index contributed by atoms with van der Waals surface area (Å²) in [7, 11) is 3.28. The Hall–Kier alpha value is -1.79. The average Bonchev–Trinajstić information content (AvgIpc) is 2.94. The van der Waals surface area contributed by atoms with Gasteiger partial charge in [-0.1, -0.05) is 6.42 Å². The smallest absolute Gasteiger partial charge is 0.254 e. The number of amides is 1. The molecule has 1 saturated heterocycles. The van der Waals surface area contributed by atoms with Crippen LogP contribution in [0.5, 0.6) is 11.5 Å². The lowest BCUT2D eigenvalue weighted by Gasteiger charge is -2.35. The molecule has 1 aromatic carbocycles. The summed E-state index contributed by atoms with van der Waals surface area (Å²) in [6, 6.07) is 5.78. The van der Waals surface area contributed by atoms with Crippen LogP contribution in [0.15, 0.2) is 18.2 Å². The van der Waals surface area contributed by atoms with Crippen molar-refractivity contribution in [2.24, 2.45) is 0 Å². The lowest BCUT2D eigenvalue weighted by molar-refractivity contribution is 0.0600. The van der Waals surface area contributed by atoms with Crippen LogP contribution >= 0.6 is 0 Å². The Kier molecular flexibility index (Phi) is 8.88. The van der Waals surface area contributed by atoms with Crippen molar-refractivity contribution in [3.63, 3.8) is 0 Å². The van der Waals surface area contributed by atoms with E-state index in [1.54, 1.807) is 20.3 Å². The number of hydrogen-bond donors (Lipinski definition) is 1. The summed E-state index contributed by atoms with van der Waals surface area (Å²) in [4.78, 5) is 15.3. The molecule has 0 aliphatic carbocycles. The molecule has 0 aromatic heterocycles. The second-order valence-electron chi connectivity index (χ2n) is 7.22. The Morgan fingerprint density at radius 3 is 2.74 bits per heavy atom. The molecule has 27 heavy (non-hydrogen) atoms. The first kappa shape index (κ1) is 21.5. The van der Waals surface area contributed by atoms with Gasteiger partial charge in [0.2, 0.25) is 0 Å². The molecular formula is C21H34N2O4. The van der Waals surface area contributed by atoms with Crippen LogP contribution in [0.1, 0.15) is 49.9 Å². The van der Waals surface area contributed by atoms with E-state index in [0.29, 0.717) is 30.3 Å². The third-order valence-electron chi connectivity index (χ3n) is 4.87. The number of carbonyl (C=O) groups is 1. The Labute approximate surface area is 163 Å². The predicted octanol–water partition coefficient (Wildman–Crippen LogP) is 3.10. The fourth-order valence-corrected chi connectivity index (χ4v) is 3.52. The zero-order valence-electron chi connectivity index (χ0n) is 17.1. The topological polar surface area (TPSA) is 60.0 Å². The first-order valence-electron chi connectivity index (χ1n) is 9.91. The molecule has 0 spiro atoms. The largest absolute Gasteiger partial charge is 0.493 e. The van der Waals surface area contributed by atoms with E-state index in [0.717, 1.165) is 32.4 Å². The molecule has 6 nitrogen and oxygen atoms in total. The first-order chi connectivity index (χ1) is 13.1. The third-order valence-corrected chi connectivity index (χ3v) is 4.87. The Bertz CT molecular complexity index is 584. The van der Waals surface area contributed by atoms with Gasteiger partial charge in [-0.05, 0) is 51.4 Å². The molecule has 1 aromatic rings. The molecule has 1 atom stereocenters. The molecule has 1 heterocycles. The van der Waals surface area contributed by atoms with E-state index in [2.05, 4.69) is 19.2 Å². The van der Waals surface area contributed by atoms with Crippen LogP contribution in [0.3, 0.4) is 0 Å². The van der Waals surface area contributed by atoms with Gasteiger partial charge in [-0.15, -0.1) is 0 Å². The van der Waals surface area contributed by atoms with E-state index >= 15 is 0 Å². The van der Waals surface area contributed by atoms with Crippen LogP contribution < -0.4 is 14.8 Å². The van der Waals surface area contributed by atoms with E-state index in [1.807, 2.05) is 17.0 Å². The maximum absolute atomic E-state index is 13.3. The summed E-state index contributed by atoms with van der Waals surface area (Å²) in [5, 5.41) is 3.46. The fourth-order valence-electron chi connectivity index (χ4n) is 3.52. The number of nitrogens with zero attached hydrogens (tertiary/aromatic N) is 1. The van der Waals surface area contributed by atoms with Gasteiger partial charge in [0.25, 0.3) is 5.91 Å². The molecule has 1 N–H and O–H groups in total. The summed E-state index contributed by atoms with van der Waals surface area (Å²) < 4.78 is 16.3. The molecule has 1 amide bonds. The first-order valence-corrected chi connectivity index (χ1v) is 9.91. The standard InChI is InChI=1S/C21H34N2O4/c1-16(2)23(18-8-5-6-11-22-15-18)21(24)17-9-10-19(26-4)20(14-17)27-13-7-12-25-3/h9-10,14,16,18,22H,5-8,11-13,15H2,1-4H3. The van der Waals surface area contributed by atoms with E-state index < -0.39 is 0 Å². The van der Waals surface area contributed by atoms with Crippen molar-refractivity contribution in [1.29, 1.82) is 0 Å². The van der Waals surface area contributed by atoms with Gasteiger partial charge >= 0.3 is 0 Å². The van der Waals surface area contributed by atoms with Crippen LogP contribution in [0.25, 0.3) is 0 Å². The maximum atomic E-state index is 13.3. The molecule has 0 bridgehead atoms. The molecule has 1 fully saturated rings. The summed E-state index contributed by atoms with van der Waals surface area (Å²) in [6.07, 6.45) is 4.13. The van der Waals surface area contributed by atoms with Gasteiger partial charge in [0.1, 0.15) is 0 Å². The van der Waals surface area contributed by atoms with Crippen LogP contribution in [0.4, 0.5) is 0 Å². The second kappa shape index (κ2) is 11.1. The van der Waals surface area contributed by atoms with E-state index in [-0.39, 0.29) is 18.0 Å². The minimum atomic E-state index is 0.0445. The van der Waals surface area contributed by atoms with Crippen LogP contribution in [-0.4, -0.2) is 63.4 Å². The SMILES string of the molecule is COCCCOc1cc(C(=O)N(C(C)C)C2CCCCNC2)ccc1OC. The van der Waals surface area contributed by atoms with Gasteiger partial charge in [-0.2, -0.15) is 0 Å². The molecular weight excluding hydrogens is 344 g/mol. The van der Waals surface area contributed by atoms with Gasteiger partial charge in [-0.25, -0.2) is 0 Å². The highest BCUT2D eigenvalue weighted by atomic mass is 16.5. The third kappa shape index (κ3) is 6.11. The molecule has 1 aliphatic rings. The Morgan fingerprint density at radius 2 is 2.04 bits per heavy atom. The quantitative estimate of drug-likeness (QED) is 0.669. The van der Waals surface area contributed by atoms with Crippen molar-refractivity contribution < 1.29 is 19.0 Å². The highest BCUT2D eigenvalue weighted by molar-refractivity contribution is 5.95. The normalized spacial score (nSPS) is 17.4. The molecule has 0 saturated carbocycles. The molecule has 6 heteroatoms. The Balaban J connectivity index is 2.18. The number of methoxy groups -OCH3 is 2. The van der Waals surface area contributed by atoms with Crippen molar-refractivity contribution in [3.05, 3.63) is 23.8 Å². The highest BCUT2D eigenvalue weighted by Gasteiger charge is 2.28. The van der Waals surface area contributed by atoms with E-state index in [4.69, 9.17) is 14.2 Å². The van der Waals surface area contributed by atoms with Gasteiger partial charge < -0.3 is 24.4 Å². The highest BCUT2D eigenvalue weighted by Crippen LogP contribution is 2.29. The molecule has 0 radical (unpaired) electrons.